The Labute approximate surface area is 185 Å². The Kier molecular flexibility index (Phi) is 9.30. The number of amides is 1. The van der Waals surface area contributed by atoms with E-state index in [-0.39, 0.29) is 12.0 Å². The summed E-state index contributed by atoms with van der Waals surface area (Å²) in [4.78, 5) is 19.3. The minimum Gasteiger partial charge on any atom is -0.496 e. The number of morpholine rings is 1. The number of para-hydroxylation sites is 1. The molecule has 0 saturated carbocycles. The number of hydrogen-bond donors (Lipinski definition) is 1. The SMILES string of the molecule is C=CCOCC(O)CN1CCOC(CN2CCN(C(=O)c3ccccc3OC)CC2)C1. The summed E-state index contributed by atoms with van der Waals surface area (Å²) in [7, 11) is 1.59. The van der Waals surface area contributed by atoms with Gasteiger partial charge in [-0.1, -0.05) is 18.2 Å². The highest BCUT2D eigenvalue weighted by molar-refractivity contribution is 5.97. The molecule has 1 aromatic carbocycles. The molecule has 2 fully saturated rings. The molecule has 0 aliphatic carbocycles. The third-order valence-corrected chi connectivity index (χ3v) is 5.70. The van der Waals surface area contributed by atoms with Gasteiger partial charge in [0.25, 0.3) is 5.91 Å². The van der Waals surface area contributed by atoms with Gasteiger partial charge in [0.1, 0.15) is 5.75 Å². The average molecular weight is 434 g/mol. The van der Waals surface area contributed by atoms with Crippen LogP contribution in [-0.4, -0.2) is 117 Å². The summed E-state index contributed by atoms with van der Waals surface area (Å²) in [5, 5.41) is 10.1. The third-order valence-electron chi connectivity index (χ3n) is 5.70. The summed E-state index contributed by atoms with van der Waals surface area (Å²) < 4.78 is 16.6. The summed E-state index contributed by atoms with van der Waals surface area (Å²) in [6.07, 6.45) is 1.27. The van der Waals surface area contributed by atoms with E-state index in [0.29, 0.717) is 50.8 Å². The van der Waals surface area contributed by atoms with E-state index in [1.807, 2.05) is 29.2 Å². The number of piperazine rings is 1. The maximum Gasteiger partial charge on any atom is 0.257 e. The molecule has 31 heavy (non-hydrogen) atoms. The molecular weight excluding hydrogens is 398 g/mol. The van der Waals surface area contributed by atoms with Crippen LogP contribution in [0, 0.1) is 0 Å². The zero-order valence-corrected chi connectivity index (χ0v) is 18.4. The Balaban J connectivity index is 1.42. The molecule has 172 valence electrons. The normalized spacial score (nSPS) is 21.6. The molecule has 2 heterocycles. The fraction of sp³-hybridized carbons (Fsp3) is 0.609. The van der Waals surface area contributed by atoms with Gasteiger partial charge in [-0.3, -0.25) is 14.6 Å². The highest BCUT2D eigenvalue weighted by Gasteiger charge is 2.28. The first-order valence-corrected chi connectivity index (χ1v) is 11.0. The lowest BCUT2D eigenvalue weighted by molar-refractivity contribution is -0.0626. The fourth-order valence-electron chi connectivity index (χ4n) is 4.11. The van der Waals surface area contributed by atoms with E-state index in [2.05, 4.69) is 16.4 Å². The van der Waals surface area contributed by atoms with Crippen molar-refractivity contribution in [1.29, 1.82) is 0 Å². The van der Waals surface area contributed by atoms with Crippen LogP contribution in [0.2, 0.25) is 0 Å². The first-order chi connectivity index (χ1) is 15.1. The van der Waals surface area contributed by atoms with Crippen LogP contribution in [-0.2, 0) is 9.47 Å². The Morgan fingerprint density at radius 3 is 2.77 bits per heavy atom. The maximum absolute atomic E-state index is 12.9. The monoisotopic (exact) mass is 433 g/mol. The molecule has 2 aliphatic rings. The molecule has 2 atom stereocenters. The van der Waals surface area contributed by atoms with Crippen LogP contribution in [0.15, 0.2) is 36.9 Å². The lowest BCUT2D eigenvalue weighted by Gasteiger charge is -2.39. The lowest BCUT2D eigenvalue weighted by Crippen LogP contribution is -2.54. The van der Waals surface area contributed by atoms with Gasteiger partial charge < -0.3 is 24.2 Å². The highest BCUT2D eigenvalue weighted by atomic mass is 16.5. The lowest BCUT2D eigenvalue weighted by atomic mass is 10.1. The molecule has 2 aliphatic heterocycles. The van der Waals surface area contributed by atoms with Crippen molar-refractivity contribution in [1.82, 2.24) is 14.7 Å². The van der Waals surface area contributed by atoms with Crippen molar-refractivity contribution in [3.05, 3.63) is 42.5 Å². The van der Waals surface area contributed by atoms with Crippen molar-refractivity contribution in [3.63, 3.8) is 0 Å². The molecule has 2 unspecified atom stereocenters. The predicted octanol–water partition coefficient (Wildman–Crippen LogP) is 0.717. The Morgan fingerprint density at radius 1 is 1.26 bits per heavy atom. The van der Waals surface area contributed by atoms with Crippen LogP contribution in [0.1, 0.15) is 10.4 Å². The number of carbonyl (C=O) groups excluding carboxylic acids is 1. The number of benzene rings is 1. The van der Waals surface area contributed by atoms with Crippen LogP contribution < -0.4 is 4.74 Å². The number of β-amino-alcohol motifs (C(OH)–C–C–N with tert-alkyl or cyclic N) is 1. The second-order valence-corrected chi connectivity index (χ2v) is 8.03. The number of aliphatic hydroxyl groups excluding tert-OH is 1. The second-order valence-electron chi connectivity index (χ2n) is 8.03. The Bertz CT molecular complexity index is 708. The number of hydrogen-bond acceptors (Lipinski definition) is 7. The summed E-state index contributed by atoms with van der Waals surface area (Å²) in [5.41, 5.74) is 0.611. The smallest absolute Gasteiger partial charge is 0.257 e. The third kappa shape index (κ3) is 7.02. The van der Waals surface area contributed by atoms with Crippen LogP contribution >= 0.6 is 0 Å². The maximum atomic E-state index is 12.9. The quantitative estimate of drug-likeness (QED) is 0.430. The van der Waals surface area contributed by atoms with Crippen molar-refractivity contribution in [2.45, 2.75) is 12.2 Å². The molecular formula is C23H35N3O5. The number of carbonyl (C=O) groups is 1. The molecule has 1 amide bonds. The van der Waals surface area contributed by atoms with E-state index in [4.69, 9.17) is 14.2 Å². The number of ether oxygens (including phenoxy) is 3. The molecule has 1 aromatic rings. The highest BCUT2D eigenvalue weighted by Crippen LogP contribution is 2.20. The van der Waals surface area contributed by atoms with Gasteiger partial charge in [-0.15, -0.1) is 6.58 Å². The standard InChI is InChI=1S/C23H35N3O5/c1-3-13-30-18-19(27)15-25-12-14-31-20(17-25)16-24-8-10-26(11-9-24)23(28)21-6-4-5-7-22(21)29-2/h3-7,19-20,27H,1,8-18H2,2H3. The largest absolute Gasteiger partial charge is 0.496 e. The first kappa shape index (κ1) is 23.7. The molecule has 8 heteroatoms. The molecule has 2 saturated heterocycles. The van der Waals surface area contributed by atoms with Crippen LogP contribution in [0.25, 0.3) is 0 Å². The van der Waals surface area contributed by atoms with Crippen molar-refractivity contribution in [2.24, 2.45) is 0 Å². The fourth-order valence-corrected chi connectivity index (χ4v) is 4.11. The molecule has 1 N–H and O–H groups in total. The summed E-state index contributed by atoms with van der Waals surface area (Å²) in [6, 6.07) is 7.36. The molecule has 0 bridgehead atoms. The van der Waals surface area contributed by atoms with Gasteiger partial charge in [0.2, 0.25) is 0 Å². The summed E-state index contributed by atoms with van der Waals surface area (Å²) in [6.45, 7) is 11.1. The minimum absolute atomic E-state index is 0.0184. The zero-order valence-electron chi connectivity index (χ0n) is 18.4. The Hall–Kier alpha value is -1.97. The molecule has 0 spiro atoms. The van der Waals surface area contributed by atoms with Crippen LogP contribution in [0.3, 0.4) is 0 Å². The van der Waals surface area contributed by atoms with E-state index in [1.54, 1.807) is 13.2 Å². The van der Waals surface area contributed by atoms with Crippen molar-refractivity contribution in [2.75, 3.05) is 79.3 Å². The number of methoxy groups -OCH3 is 1. The second kappa shape index (κ2) is 12.2. The summed E-state index contributed by atoms with van der Waals surface area (Å²) in [5.74, 6) is 0.632. The van der Waals surface area contributed by atoms with E-state index < -0.39 is 6.10 Å². The number of rotatable bonds is 10. The molecule has 0 aromatic heterocycles. The van der Waals surface area contributed by atoms with Gasteiger partial charge in [0.15, 0.2) is 0 Å². The topological polar surface area (TPSA) is 74.7 Å². The predicted molar refractivity (Wildman–Crippen MR) is 119 cm³/mol. The van der Waals surface area contributed by atoms with Crippen LogP contribution in [0.4, 0.5) is 0 Å². The van der Waals surface area contributed by atoms with Gasteiger partial charge in [-0.05, 0) is 12.1 Å². The van der Waals surface area contributed by atoms with Crippen molar-refractivity contribution in [3.8, 4) is 5.75 Å². The molecule has 0 radical (unpaired) electrons. The minimum atomic E-state index is -0.511. The molecule has 8 nitrogen and oxygen atoms in total. The van der Waals surface area contributed by atoms with Gasteiger partial charge in [-0.25, -0.2) is 0 Å². The van der Waals surface area contributed by atoms with E-state index in [9.17, 15) is 9.90 Å². The van der Waals surface area contributed by atoms with E-state index >= 15 is 0 Å². The number of aliphatic hydroxyl groups is 1. The van der Waals surface area contributed by atoms with Gasteiger partial charge in [0.05, 0.1) is 44.7 Å². The molecule has 3 rings (SSSR count). The summed E-state index contributed by atoms with van der Waals surface area (Å²) >= 11 is 0. The number of nitrogens with zero attached hydrogens (tertiary/aromatic N) is 3. The van der Waals surface area contributed by atoms with Crippen molar-refractivity contribution < 1.29 is 24.1 Å². The average Bonchev–Trinajstić information content (AvgIpc) is 2.79. The van der Waals surface area contributed by atoms with Crippen LogP contribution in [0.5, 0.6) is 5.75 Å². The Morgan fingerprint density at radius 2 is 2.03 bits per heavy atom. The zero-order chi connectivity index (χ0) is 22.1. The van der Waals surface area contributed by atoms with Gasteiger partial charge in [-0.2, -0.15) is 0 Å². The van der Waals surface area contributed by atoms with E-state index in [0.717, 1.165) is 32.7 Å². The van der Waals surface area contributed by atoms with E-state index in [1.165, 1.54) is 0 Å². The van der Waals surface area contributed by atoms with Gasteiger partial charge in [0, 0.05) is 52.4 Å². The van der Waals surface area contributed by atoms with Gasteiger partial charge >= 0.3 is 0 Å². The first-order valence-electron chi connectivity index (χ1n) is 11.0. The van der Waals surface area contributed by atoms with Crippen molar-refractivity contribution >= 4 is 5.91 Å².